The average Bonchev–Trinajstić information content (AvgIpc) is 3.14. The van der Waals surface area contributed by atoms with E-state index in [-0.39, 0.29) is 0 Å². The van der Waals surface area contributed by atoms with Gasteiger partial charge in [-0.25, -0.2) is 0 Å². The number of nitrogens with zero attached hydrogens (tertiary/aromatic N) is 1. The summed E-state index contributed by atoms with van der Waals surface area (Å²) >= 11 is 0. The minimum absolute atomic E-state index is 0.645. The molecule has 2 aromatic carbocycles. The van der Waals surface area contributed by atoms with Gasteiger partial charge in [0, 0.05) is 37.2 Å². The zero-order valence-electron chi connectivity index (χ0n) is 16.9. The Hall–Kier alpha value is -3.15. The van der Waals surface area contributed by atoms with Gasteiger partial charge in [-0.1, -0.05) is 18.2 Å². The van der Waals surface area contributed by atoms with Gasteiger partial charge in [-0.2, -0.15) is 0 Å². The molecular formula is C22H28N4O2. The average molecular weight is 380 g/mol. The van der Waals surface area contributed by atoms with Crippen molar-refractivity contribution in [2.24, 2.45) is 4.99 Å². The van der Waals surface area contributed by atoms with E-state index >= 15 is 0 Å². The quantitative estimate of drug-likeness (QED) is 0.434. The van der Waals surface area contributed by atoms with Crippen LogP contribution in [0.25, 0.3) is 10.9 Å². The highest BCUT2D eigenvalue weighted by Crippen LogP contribution is 2.27. The first-order chi connectivity index (χ1) is 13.7. The summed E-state index contributed by atoms with van der Waals surface area (Å²) in [7, 11) is 5.05. The molecule has 0 unspecified atom stereocenters. The number of hydrogen-bond acceptors (Lipinski definition) is 3. The summed E-state index contributed by atoms with van der Waals surface area (Å²) in [5.41, 5.74) is 4.89. The molecule has 6 heteroatoms. The van der Waals surface area contributed by atoms with Gasteiger partial charge >= 0.3 is 0 Å². The Labute approximate surface area is 166 Å². The number of hydrogen-bond donors (Lipinski definition) is 3. The van der Waals surface area contributed by atoms with Crippen LogP contribution in [0.3, 0.4) is 0 Å². The molecule has 1 aromatic heterocycles. The van der Waals surface area contributed by atoms with Crippen LogP contribution in [0.2, 0.25) is 0 Å². The van der Waals surface area contributed by atoms with Crippen LogP contribution >= 0.6 is 0 Å². The number of guanidine groups is 1. The summed E-state index contributed by atoms with van der Waals surface area (Å²) in [4.78, 5) is 7.66. The summed E-state index contributed by atoms with van der Waals surface area (Å²) in [5, 5.41) is 8.04. The lowest BCUT2D eigenvalue weighted by Crippen LogP contribution is -2.37. The smallest absolute Gasteiger partial charge is 0.191 e. The standard InChI is InChI=1S/C22H28N4O2/c1-15-6-5-7-18-21(15)17(14-25-18)10-11-24-22(23-2)26-13-16-8-9-19(27-3)20(12-16)28-4/h5-9,12,14,25H,10-11,13H2,1-4H3,(H2,23,24,26). The van der Waals surface area contributed by atoms with Crippen molar-refractivity contribution in [3.05, 3.63) is 59.3 Å². The normalized spacial score (nSPS) is 11.5. The summed E-state index contributed by atoms with van der Waals surface area (Å²) in [6.45, 7) is 3.59. The van der Waals surface area contributed by atoms with E-state index in [0.717, 1.165) is 36.0 Å². The van der Waals surface area contributed by atoms with Gasteiger partial charge in [0.25, 0.3) is 0 Å². The SMILES string of the molecule is CN=C(NCCc1c[nH]c2cccc(C)c12)NCc1ccc(OC)c(OC)c1. The molecule has 0 saturated heterocycles. The molecule has 0 aliphatic heterocycles. The Morgan fingerprint density at radius 3 is 2.64 bits per heavy atom. The number of aromatic amines is 1. The first-order valence-electron chi connectivity index (χ1n) is 9.37. The van der Waals surface area contributed by atoms with Crippen molar-refractivity contribution >= 4 is 16.9 Å². The van der Waals surface area contributed by atoms with Crippen LogP contribution in [-0.4, -0.2) is 38.8 Å². The predicted octanol–water partition coefficient (Wildman–Crippen LogP) is 3.40. The van der Waals surface area contributed by atoms with Gasteiger partial charge in [-0.3, -0.25) is 4.99 Å². The maximum Gasteiger partial charge on any atom is 0.191 e. The van der Waals surface area contributed by atoms with Crippen molar-refractivity contribution in [1.29, 1.82) is 0 Å². The molecule has 0 aliphatic rings. The monoisotopic (exact) mass is 380 g/mol. The predicted molar refractivity (Wildman–Crippen MR) is 114 cm³/mol. The molecule has 0 spiro atoms. The molecule has 6 nitrogen and oxygen atoms in total. The lowest BCUT2D eigenvalue weighted by Gasteiger charge is -2.13. The van der Waals surface area contributed by atoms with Crippen LogP contribution in [0.4, 0.5) is 0 Å². The summed E-state index contributed by atoms with van der Waals surface area (Å²) in [6, 6.07) is 12.2. The fourth-order valence-corrected chi connectivity index (χ4v) is 3.36. The third-order valence-electron chi connectivity index (χ3n) is 4.81. The Kier molecular flexibility index (Phi) is 6.42. The van der Waals surface area contributed by atoms with Crippen molar-refractivity contribution in [2.75, 3.05) is 27.8 Å². The molecule has 148 valence electrons. The maximum atomic E-state index is 5.36. The fraction of sp³-hybridized carbons (Fsp3) is 0.318. The number of fused-ring (bicyclic) bond motifs is 1. The molecule has 3 aromatic rings. The number of aromatic nitrogens is 1. The van der Waals surface area contributed by atoms with E-state index in [0.29, 0.717) is 6.54 Å². The molecule has 0 radical (unpaired) electrons. The van der Waals surface area contributed by atoms with Crippen molar-refractivity contribution in [3.8, 4) is 11.5 Å². The topological polar surface area (TPSA) is 70.7 Å². The van der Waals surface area contributed by atoms with Gasteiger partial charge in [0.1, 0.15) is 0 Å². The largest absolute Gasteiger partial charge is 0.493 e. The highest BCUT2D eigenvalue weighted by atomic mass is 16.5. The maximum absolute atomic E-state index is 5.36. The van der Waals surface area contributed by atoms with Gasteiger partial charge < -0.3 is 25.1 Å². The molecule has 0 fully saturated rings. The summed E-state index contributed by atoms with van der Waals surface area (Å²) < 4.78 is 10.6. The Balaban J connectivity index is 1.55. The van der Waals surface area contributed by atoms with Crippen LogP contribution in [0, 0.1) is 6.92 Å². The van der Waals surface area contributed by atoms with Crippen molar-refractivity contribution in [2.45, 2.75) is 19.9 Å². The fourth-order valence-electron chi connectivity index (χ4n) is 3.36. The lowest BCUT2D eigenvalue weighted by molar-refractivity contribution is 0.354. The minimum Gasteiger partial charge on any atom is -0.493 e. The van der Waals surface area contributed by atoms with E-state index < -0.39 is 0 Å². The van der Waals surface area contributed by atoms with Crippen LogP contribution in [0.1, 0.15) is 16.7 Å². The van der Waals surface area contributed by atoms with Crippen molar-refractivity contribution in [3.63, 3.8) is 0 Å². The Morgan fingerprint density at radius 2 is 1.89 bits per heavy atom. The Bertz CT molecular complexity index is 962. The molecule has 1 heterocycles. The lowest BCUT2D eigenvalue weighted by atomic mass is 10.1. The number of ether oxygens (including phenoxy) is 2. The zero-order valence-corrected chi connectivity index (χ0v) is 16.9. The molecule has 3 N–H and O–H groups in total. The second-order valence-corrected chi connectivity index (χ2v) is 6.60. The summed E-state index contributed by atoms with van der Waals surface area (Å²) in [6.07, 6.45) is 3.01. The van der Waals surface area contributed by atoms with Crippen molar-refractivity contribution in [1.82, 2.24) is 15.6 Å². The first kappa shape index (κ1) is 19.6. The van der Waals surface area contributed by atoms with E-state index in [2.05, 4.69) is 51.9 Å². The van der Waals surface area contributed by atoms with Gasteiger partial charge in [-0.15, -0.1) is 0 Å². The molecule has 0 aliphatic carbocycles. The van der Waals surface area contributed by atoms with Gasteiger partial charge in [0.2, 0.25) is 0 Å². The van der Waals surface area contributed by atoms with Crippen LogP contribution in [-0.2, 0) is 13.0 Å². The molecule has 3 rings (SSSR count). The molecule has 0 bridgehead atoms. The number of aliphatic imine (C=N–C) groups is 1. The third kappa shape index (κ3) is 4.39. The van der Waals surface area contributed by atoms with Crippen LogP contribution < -0.4 is 20.1 Å². The first-order valence-corrected chi connectivity index (χ1v) is 9.37. The number of rotatable bonds is 7. The van der Waals surface area contributed by atoms with Crippen LogP contribution in [0.5, 0.6) is 11.5 Å². The van der Waals surface area contributed by atoms with E-state index in [1.807, 2.05) is 18.2 Å². The van der Waals surface area contributed by atoms with Crippen LogP contribution in [0.15, 0.2) is 47.6 Å². The number of H-pyrrole nitrogens is 1. The molecular weight excluding hydrogens is 352 g/mol. The molecule has 0 amide bonds. The molecule has 0 saturated carbocycles. The third-order valence-corrected chi connectivity index (χ3v) is 4.81. The van der Waals surface area contributed by atoms with Gasteiger partial charge in [0.15, 0.2) is 17.5 Å². The van der Waals surface area contributed by atoms with E-state index in [1.165, 1.54) is 22.0 Å². The number of methoxy groups -OCH3 is 2. The highest BCUT2D eigenvalue weighted by molar-refractivity contribution is 5.86. The zero-order chi connectivity index (χ0) is 19.9. The van der Waals surface area contributed by atoms with E-state index in [9.17, 15) is 0 Å². The second-order valence-electron chi connectivity index (χ2n) is 6.60. The highest BCUT2D eigenvalue weighted by Gasteiger charge is 2.07. The van der Waals surface area contributed by atoms with Gasteiger partial charge in [-0.05, 0) is 48.2 Å². The number of nitrogens with one attached hydrogen (secondary N) is 3. The number of aryl methyl sites for hydroxylation is 1. The molecule has 0 atom stereocenters. The van der Waals surface area contributed by atoms with Crippen molar-refractivity contribution < 1.29 is 9.47 Å². The van der Waals surface area contributed by atoms with Gasteiger partial charge in [0.05, 0.1) is 14.2 Å². The second kappa shape index (κ2) is 9.17. The van der Waals surface area contributed by atoms with E-state index in [1.54, 1.807) is 21.3 Å². The molecule has 28 heavy (non-hydrogen) atoms. The van der Waals surface area contributed by atoms with E-state index in [4.69, 9.17) is 9.47 Å². The Morgan fingerprint density at radius 1 is 1.07 bits per heavy atom. The number of benzene rings is 2. The summed E-state index contributed by atoms with van der Waals surface area (Å²) in [5.74, 6) is 2.22. The minimum atomic E-state index is 0.645.